The lowest BCUT2D eigenvalue weighted by atomic mass is 9.48. The highest BCUT2D eigenvalue weighted by Crippen LogP contribution is 2.60. The summed E-state index contributed by atoms with van der Waals surface area (Å²) in [4.78, 5) is 40.3. The third kappa shape index (κ3) is 5.14. The number of nitrogens with zero attached hydrogens (tertiary/aromatic N) is 1. The Hall–Kier alpha value is -3.32. The zero-order valence-electron chi connectivity index (χ0n) is 23.9. The molecule has 0 spiro atoms. The van der Waals surface area contributed by atoms with E-state index in [1.165, 1.54) is 50.2 Å². The zero-order valence-corrected chi connectivity index (χ0v) is 24.6. The largest absolute Gasteiger partial charge is 0.490 e. The average molecular weight is 577 g/mol. The monoisotopic (exact) mass is 576 g/mol. The first-order valence-electron chi connectivity index (χ1n) is 14.8. The van der Waals surface area contributed by atoms with Crippen LogP contribution in [0.3, 0.4) is 0 Å². The standard InChI is InChI=1S/C33H37ClN2O5/c1-4-19(3)41-29-27(34)14-20(15-28(29)40-5-2)13-26-30(37)35-32(39)36(31(26)38)25-8-6-24(7-9-25)33-16-21-10-22(17-33)12-23(11-21)18-33/h6-9,13-15,19,21-23H,4-5,10-12,16-18H2,1-3H3,(H,35,37,39)/b26-13+/t19-,21?,22?,23?,33?/m1/s1. The molecule has 4 saturated carbocycles. The van der Waals surface area contributed by atoms with Crippen molar-refractivity contribution in [3.05, 3.63) is 58.1 Å². The van der Waals surface area contributed by atoms with Crippen molar-refractivity contribution in [2.45, 2.75) is 77.2 Å². The van der Waals surface area contributed by atoms with E-state index in [0.29, 0.717) is 34.4 Å². The molecule has 2 aromatic rings. The van der Waals surface area contributed by atoms with E-state index in [1.807, 2.05) is 32.9 Å². The SMILES string of the molecule is CCOc1cc(/C=C2\C(=O)NC(=O)N(c3ccc(C45CC6CC(CC(C6)C4)C5)cc3)C2=O)cc(Cl)c1O[C@H](C)CC. The summed E-state index contributed by atoms with van der Waals surface area (Å²) in [5, 5.41) is 2.63. The van der Waals surface area contributed by atoms with Gasteiger partial charge in [0.05, 0.1) is 23.4 Å². The van der Waals surface area contributed by atoms with Crippen LogP contribution >= 0.6 is 11.6 Å². The molecule has 8 heteroatoms. The fourth-order valence-corrected chi connectivity index (χ4v) is 8.08. The molecule has 7 rings (SSSR count). The van der Waals surface area contributed by atoms with Gasteiger partial charge in [0.2, 0.25) is 0 Å². The lowest BCUT2D eigenvalue weighted by Gasteiger charge is -2.57. The minimum absolute atomic E-state index is 0.0736. The molecule has 0 unspecified atom stereocenters. The van der Waals surface area contributed by atoms with Gasteiger partial charge in [0.1, 0.15) is 5.57 Å². The molecule has 4 bridgehead atoms. The summed E-state index contributed by atoms with van der Waals surface area (Å²) in [6.45, 7) is 6.18. The van der Waals surface area contributed by atoms with Gasteiger partial charge in [0, 0.05) is 0 Å². The molecule has 41 heavy (non-hydrogen) atoms. The van der Waals surface area contributed by atoms with Gasteiger partial charge < -0.3 is 9.47 Å². The quantitative estimate of drug-likeness (QED) is 0.269. The first-order chi connectivity index (χ1) is 19.7. The number of rotatable bonds is 8. The first kappa shape index (κ1) is 27.8. The maximum atomic E-state index is 13.6. The number of hydrogen-bond acceptors (Lipinski definition) is 5. The highest BCUT2D eigenvalue weighted by atomic mass is 35.5. The van der Waals surface area contributed by atoms with Gasteiger partial charge in [-0.15, -0.1) is 0 Å². The van der Waals surface area contributed by atoms with Crippen molar-refractivity contribution in [1.29, 1.82) is 0 Å². The van der Waals surface area contributed by atoms with Crippen molar-refractivity contribution < 1.29 is 23.9 Å². The Morgan fingerprint density at radius 1 is 1.02 bits per heavy atom. The normalized spacial score (nSPS) is 28.7. The Balaban J connectivity index is 1.28. The van der Waals surface area contributed by atoms with Crippen LogP contribution in [-0.4, -0.2) is 30.6 Å². The van der Waals surface area contributed by atoms with Crippen LogP contribution in [0.25, 0.3) is 6.08 Å². The smallest absolute Gasteiger partial charge is 0.335 e. The molecule has 4 aliphatic carbocycles. The number of urea groups is 1. The van der Waals surface area contributed by atoms with Gasteiger partial charge in [-0.3, -0.25) is 14.9 Å². The van der Waals surface area contributed by atoms with Crippen molar-refractivity contribution in [3.63, 3.8) is 0 Å². The van der Waals surface area contributed by atoms with E-state index >= 15 is 0 Å². The van der Waals surface area contributed by atoms with Gasteiger partial charge >= 0.3 is 6.03 Å². The predicted octanol–water partition coefficient (Wildman–Crippen LogP) is 7.05. The Labute approximate surface area is 246 Å². The Morgan fingerprint density at radius 2 is 1.66 bits per heavy atom. The number of halogens is 1. The van der Waals surface area contributed by atoms with E-state index in [1.54, 1.807) is 12.1 Å². The molecule has 1 saturated heterocycles. The van der Waals surface area contributed by atoms with Crippen LogP contribution in [0.2, 0.25) is 5.02 Å². The summed E-state index contributed by atoms with van der Waals surface area (Å²) < 4.78 is 11.7. The summed E-state index contributed by atoms with van der Waals surface area (Å²) in [6, 6.07) is 10.4. The highest BCUT2D eigenvalue weighted by Gasteiger charge is 2.51. The number of benzene rings is 2. The second kappa shape index (κ2) is 10.8. The minimum Gasteiger partial charge on any atom is -0.490 e. The van der Waals surface area contributed by atoms with Crippen molar-refractivity contribution in [3.8, 4) is 11.5 Å². The van der Waals surface area contributed by atoms with Gasteiger partial charge in [-0.2, -0.15) is 0 Å². The third-order valence-corrected chi connectivity index (χ3v) is 9.70. The summed E-state index contributed by atoms with van der Waals surface area (Å²) in [5.74, 6) is 1.86. The van der Waals surface area contributed by atoms with Gasteiger partial charge in [0.25, 0.3) is 11.8 Å². The van der Waals surface area contributed by atoms with E-state index < -0.39 is 17.8 Å². The lowest BCUT2D eigenvalue weighted by molar-refractivity contribution is -0.122. The van der Waals surface area contributed by atoms with Gasteiger partial charge in [-0.25, -0.2) is 9.69 Å². The maximum Gasteiger partial charge on any atom is 0.335 e. The van der Waals surface area contributed by atoms with Crippen LogP contribution in [0.15, 0.2) is 42.0 Å². The number of carbonyl (C=O) groups is 3. The maximum absolute atomic E-state index is 13.6. The molecule has 2 aromatic carbocycles. The number of amides is 4. The molecule has 1 aliphatic heterocycles. The molecule has 4 amide bonds. The minimum atomic E-state index is -0.759. The zero-order chi connectivity index (χ0) is 28.9. The lowest BCUT2D eigenvalue weighted by Crippen LogP contribution is -2.54. The number of imide groups is 2. The second-order valence-electron chi connectivity index (χ2n) is 12.3. The summed E-state index contributed by atoms with van der Waals surface area (Å²) in [5.41, 5.74) is 2.27. The van der Waals surface area contributed by atoms with E-state index in [9.17, 15) is 14.4 Å². The first-order valence-corrected chi connectivity index (χ1v) is 15.2. The third-order valence-electron chi connectivity index (χ3n) is 9.41. The molecular formula is C33H37ClN2O5. The number of nitrogens with one attached hydrogen (secondary N) is 1. The van der Waals surface area contributed by atoms with Gasteiger partial charge in [-0.1, -0.05) is 30.7 Å². The van der Waals surface area contributed by atoms with Crippen LogP contribution in [0.4, 0.5) is 10.5 Å². The van der Waals surface area contributed by atoms with Crippen LogP contribution in [0.1, 0.15) is 76.8 Å². The molecule has 1 heterocycles. The van der Waals surface area contributed by atoms with Crippen LogP contribution < -0.4 is 19.7 Å². The number of anilines is 1. The predicted molar refractivity (Wildman–Crippen MR) is 158 cm³/mol. The molecule has 216 valence electrons. The molecular weight excluding hydrogens is 540 g/mol. The Kier molecular flexibility index (Phi) is 7.35. The van der Waals surface area contributed by atoms with Gasteiger partial charge in [0.15, 0.2) is 11.5 Å². The molecule has 1 atom stereocenters. The fraction of sp³-hybridized carbons (Fsp3) is 0.485. The summed E-state index contributed by atoms with van der Waals surface area (Å²) >= 11 is 6.55. The molecule has 5 aliphatic rings. The van der Waals surface area contributed by atoms with Crippen molar-refractivity contribution in [2.24, 2.45) is 17.8 Å². The van der Waals surface area contributed by atoms with E-state index in [-0.39, 0.29) is 17.1 Å². The molecule has 7 nitrogen and oxygen atoms in total. The second-order valence-corrected chi connectivity index (χ2v) is 12.7. The van der Waals surface area contributed by atoms with Crippen LogP contribution in [0, 0.1) is 17.8 Å². The van der Waals surface area contributed by atoms with Gasteiger partial charge in [-0.05, 0) is 123 Å². The van der Waals surface area contributed by atoms with E-state index in [0.717, 1.165) is 29.1 Å². The van der Waals surface area contributed by atoms with Crippen LogP contribution in [-0.2, 0) is 15.0 Å². The average Bonchev–Trinajstić information content (AvgIpc) is 2.92. The van der Waals surface area contributed by atoms with Crippen molar-refractivity contribution >= 4 is 41.2 Å². The summed E-state index contributed by atoms with van der Waals surface area (Å²) in [6.07, 6.45) is 9.95. The summed E-state index contributed by atoms with van der Waals surface area (Å²) in [7, 11) is 0. The Bertz CT molecular complexity index is 1380. The van der Waals surface area contributed by atoms with Crippen molar-refractivity contribution in [2.75, 3.05) is 11.5 Å². The fourth-order valence-electron chi connectivity index (χ4n) is 7.82. The highest BCUT2D eigenvalue weighted by molar-refractivity contribution is 6.39. The molecule has 0 radical (unpaired) electrons. The molecule has 5 fully saturated rings. The molecule has 0 aromatic heterocycles. The van der Waals surface area contributed by atoms with Crippen LogP contribution in [0.5, 0.6) is 11.5 Å². The Morgan fingerprint density at radius 3 is 2.24 bits per heavy atom. The number of barbiturate groups is 1. The number of hydrogen-bond donors (Lipinski definition) is 1. The number of carbonyl (C=O) groups excluding carboxylic acids is 3. The van der Waals surface area contributed by atoms with E-state index in [2.05, 4.69) is 17.4 Å². The van der Waals surface area contributed by atoms with Crippen molar-refractivity contribution in [1.82, 2.24) is 5.32 Å². The number of ether oxygens (including phenoxy) is 2. The molecule has 1 N–H and O–H groups in total. The van der Waals surface area contributed by atoms with E-state index in [4.69, 9.17) is 21.1 Å². The topological polar surface area (TPSA) is 84.9 Å².